The number of carboxylic acids is 1. The number of rotatable bonds is 5. The molecule has 120 valence electrons. The molecule has 1 heterocycles. The quantitative estimate of drug-likeness (QED) is 0.689. The van der Waals surface area contributed by atoms with Crippen LogP contribution in [0.15, 0.2) is 42.5 Å². The van der Waals surface area contributed by atoms with Gasteiger partial charge < -0.3 is 11.5 Å². The zero-order chi connectivity index (χ0) is 16.4. The Labute approximate surface area is 167 Å². The van der Waals surface area contributed by atoms with Crippen LogP contribution in [0.4, 0.5) is 4.39 Å². The molecule has 0 amide bonds. The molecule has 3 nitrogen and oxygen atoms in total. The van der Waals surface area contributed by atoms with E-state index in [0.717, 1.165) is 27.7 Å². The van der Waals surface area contributed by atoms with E-state index in [1.54, 1.807) is 18.2 Å². The van der Waals surface area contributed by atoms with Gasteiger partial charge in [0, 0.05) is 28.0 Å². The number of aliphatic carboxylic acids is 1. The van der Waals surface area contributed by atoms with E-state index in [1.807, 2.05) is 12.1 Å². The Hall–Kier alpha value is -1.33. The van der Waals surface area contributed by atoms with E-state index in [4.69, 9.17) is 16.7 Å². The van der Waals surface area contributed by atoms with Crippen molar-refractivity contribution in [2.24, 2.45) is 0 Å². The average Bonchev–Trinajstić information content (AvgIpc) is 2.86. The number of nitrogens with one attached hydrogen (secondary N) is 1. The Bertz CT molecular complexity index is 867. The van der Waals surface area contributed by atoms with Crippen LogP contribution in [0.5, 0.6) is 0 Å². The molecule has 0 fully saturated rings. The number of carboxylic acid groups (broad SMARTS) is 1. The van der Waals surface area contributed by atoms with E-state index in [-0.39, 0.29) is 43.2 Å². The summed E-state index contributed by atoms with van der Waals surface area (Å²) in [5.74, 6) is -1.11. The van der Waals surface area contributed by atoms with Gasteiger partial charge in [0.1, 0.15) is 5.82 Å². The number of aryl methyl sites for hydroxylation is 1. The molecule has 3 aromatic rings. The van der Waals surface area contributed by atoms with Crippen LogP contribution < -0.4 is 29.6 Å². The second-order valence-corrected chi connectivity index (χ2v) is 5.86. The zero-order valence-electron chi connectivity index (χ0n) is 14.3. The van der Waals surface area contributed by atoms with Crippen LogP contribution in [0.1, 0.15) is 19.8 Å². The molecule has 0 unspecified atom stereocenters. The van der Waals surface area contributed by atoms with Crippen LogP contribution in [-0.4, -0.2) is 16.1 Å². The van der Waals surface area contributed by atoms with E-state index in [0.29, 0.717) is 17.9 Å². The predicted molar refractivity (Wildman–Crippen MR) is 90.4 cm³/mol. The first-order valence-corrected chi connectivity index (χ1v) is 7.70. The Kier molecular flexibility index (Phi) is 6.47. The third-order valence-corrected chi connectivity index (χ3v) is 4.05. The van der Waals surface area contributed by atoms with Crippen molar-refractivity contribution in [2.45, 2.75) is 19.3 Å². The summed E-state index contributed by atoms with van der Waals surface area (Å²) in [5.41, 5.74) is 3.69. The summed E-state index contributed by atoms with van der Waals surface area (Å²) >= 11 is 6.09. The van der Waals surface area contributed by atoms with E-state index in [9.17, 15) is 9.18 Å². The normalized spacial score (nSPS) is 10.6. The zero-order valence-corrected chi connectivity index (χ0v) is 16.0. The smallest absolute Gasteiger partial charge is 1.00 e. The van der Waals surface area contributed by atoms with Crippen molar-refractivity contribution >= 4 is 28.5 Å². The van der Waals surface area contributed by atoms with Crippen molar-refractivity contribution in [3.63, 3.8) is 0 Å². The maximum absolute atomic E-state index is 13.2. The topological polar surface area (TPSA) is 53.1 Å². The Balaban J connectivity index is 0.00000156. The summed E-state index contributed by atoms with van der Waals surface area (Å²) in [6.45, 7) is 0. The number of benzene rings is 2. The molecular formula is C18H16ClFNNaO2. The molecule has 0 saturated heterocycles. The number of aromatic nitrogens is 1. The van der Waals surface area contributed by atoms with Gasteiger partial charge in [-0.3, -0.25) is 4.79 Å². The number of H-pyrrole nitrogens is 1. The number of carbonyl (C=O) groups is 1. The van der Waals surface area contributed by atoms with Gasteiger partial charge in [0.2, 0.25) is 0 Å². The summed E-state index contributed by atoms with van der Waals surface area (Å²) < 4.78 is 13.2. The number of aromatic amines is 1. The molecule has 0 atom stereocenters. The summed E-state index contributed by atoms with van der Waals surface area (Å²) in [6, 6.07) is 11.8. The maximum atomic E-state index is 13.2. The Morgan fingerprint density at radius 3 is 2.58 bits per heavy atom. The van der Waals surface area contributed by atoms with Crippen molar-refractivity contribution in [1.29, 1.82) is 0 Å². The van der Waals surface area contributed by atoms with Crippen molar-refractivity contribution in [2.75, 3.05) is 0 Å². The average molecular weight is 356 g/mol. The van der Waals surface area contributed by atoms with Gasteiger partial charge in [-0.2, -0.15) is 0 Å². The monoisotopic (exact) mass is 355 g/mol. The van der Waals surface area contributed by atoms with E-state index in [1.165, 1.54) is 12.1 Å². The van der Waals surface area contributed by atoms with Gasteiger partial charge in [-0.25, -0.2) is 4.39 Å². The molecule has 0 aliphatic rings. The third kappa shape index (κ3) is 4.19. The van der Waals surface area contributed by atoms with Gasteiger partial charge in [-0.1, -0.05) is 11.6 Å². The fourth-order valence-corrected chi connectivity index (χ4v) is 2.93. The molecule has 0 radical (unpaired) electrons. The molecule has 0 aliphatic carbocycles. The van der Waals surface area contributed by atoms with Crippen molar-refractivity contribution in [1.82, 2.24) is 4.98 Å². The summed E-state index contributed by atoms with van der Waals surface area (Å²) in [6.07, 6.45) is 1.25. The van der Waals surface area contributed by atoms with Gasteiger partial charge >= 0.3 is 35.5 Å². The van der Waals surface area contributed by atoms with Crippen LogP contribution in [-0.2, 0) is 11.2 Å². The molecule has 6 heteroatoms. The molecule has 1 aromatic heterocycles. The summed E-state index contributed by atoms with van der Waals surface area (Å²) in [7, 11) is 0. The molecule has 3 rings (SSSR count). The maximum Gasteiger partial charge on any atom is 1.00 e. The predicted octanol–water partition coefficient (Wildman–Crippen LogP) is 2.15. The van der Waals surface area contributed by atoms with Crippen molar-refractivity contribution < 1.29 is 45.3 Å². The fourth-order valence-electron chi connectivity index (χ4n) is 2.76. The van der Waals surface area contributed by atoms with Gasteiger partial charge in [-0.15, -0.1) is 0 Å². The number of halogens is 2. The standard InChI is InChI=1S/C18H15ClFNO2.Na.H/c19-12-6-9-16-15(10-12)14(2-1-3-17(22)23)18(21-16)11-4-7-13(20)8-5-11;;/h4-10,21H,1-3H2,(H,22,23);;/q;+1;-1. The van der Waals surface area contributed by atoms with E-state index < -0.39 is 5.97 Å². The minimum Gasteiger partial charge on any atom is -1.00 e. The second kappa shape index (κ2) is 8.17. The minimum absolute atomic E-state index is 0. The molecular weight excluding hydrogens is 340 g/mol. The molecule has 0 bridgehead atoms. The van der Waals surface area contributed by atoms with Crippen molar-refractivity contribution in [3.8, 4) is 11.3 Å². The third-order valence-electron chi connectivity index (χ3n) is 3.82. The molecule has 0 aliphatic heterocycles. The Morgan fingerprint density at radius 1 is 1.21 bits per heavy atom. The van der Waals surface area contributed by atoms with Gasteiger partial charge in [0.25, 0.3) is 0 Å². The largest absolute Gasteiger partial charge is 1.00 e. The molecule has 2 N–H and O–H groups in total. The minimum atomic E-state index is -0.814. The first-order valence-electron chi connectivity index (χ1n) is 7.32. The summed E-state index contributed by atoms with van der Waals surface area (Å²) in [4.78, 5) is 14.1. The van der Waals surface area contributed by atoms with Gasteiger partial charge in [-0.05, 0) is 66.4 Å². The number of hydrogen-bond acceptors (Lipinski definition) is 1. The second-order valence-electron chi connectivity index (χ2n) is 5.42. The summed E-state index contributed by atoms with van der Waals surface area (Å²) in [5, 5.41) is 10.4. The SMILES string of the molecule is O=C(O)CCCc1c(-c2ccc(F)cc2)[nH]c2ccc(Cl)cc12.[H-].[Na+]. The number of hydrogen-bond donors (Lipinski definition) is 2. The van der Waals surface area contributed by atoms with E-state index in [2.05, 4.69) is 4.98 Å². The number of fused-ring (bicyclic) bond motifs is 1. The molecule has 2 aromatic carbocycles. The van der Waals surface area contributed by atoms with Crippen LogP contribution >= 0.6 is 11.6 Å². The van der Waals surface area contributed by atoms with Crippen molar-refractivity contribution in [3.05, 3.63) is 58.9 Å². The van der Waals surface area contributed by atoms with Crippen LogP contribution in [0.2, 0.25) is 5.02 Å². The molecule has 24 heavy (non-hydrogen) atoms. The van der Waals surface area contributed by atoms with E-state index >= 15 is 0 Å². The van der Waals surface area contributed by atoms with Crippen LogP contribution in [0.3, 0.4) is 0 Å². The van der Waals surface area contributed by atoms with Gasteiger partial charge in [0.05, 0.1) is 0 Å². The van der Waals surface area contributed by atoms with Gasteiger partial charge in [0.15, 0.2) is 0 Å². The first-order chi connectivity index (χ1) is 11.0. The van der Waals surface area contributed by atoms with Crippen LogP contribution in [0.25, 0.3) is 22.2 Å². The first kappa shape index (κ1) is 19.0. The fraction of sp³-hybridized carbons (Fsp3) is 0.167. The molecule has 0 spiro atoms. The van der Waals surface area contributed by atoms with Crippen LogP contribution in [0, 0.1) is 5.82 Å². The Morgan fingerprint density at radius 2 is 1.92 bits per heavy atom. The molecule has 0 saturated carbocycles.